The number of hydrogen-bond acceptors (Lipinski definition) is 2. The van der Waals surface area contributed by atoms with Crippen molar-refractivity contribution in [2.75, 3.05) is 0 Å². The summed E-state index contributed by atoms with van der Waals surface area (Å²) in [4.78, 5) is 10.7. The molecule has 84 valence electrons. The van der Waals surface area contributed by atoms with Gasteiger partial charge in [-0.25, -0.2) is 0 Å². The maximum atomic E-state index is 10.7. The molecule has 1 atom stereocenters. The Balaban J connectivity index is 3.50. The fraction of sp³-hybridized carbons (Fsp3) is 0.909. The Bertz CT molecular complexity index is 167. The van der Waals surface area contributed by atoms with Crippen molar-refractivity contribution in [2.24, 2.45) is 0 Å². The van der Waals surface area contributed by atoms with Crippen molar-refractivity contribution in [3.63, 3.8) is 0 Å². The number of unbranched alkanes of at least 4 members (excludes halogenated alkanes) is 4. The summed E-state index contributed by atoms with van der Waals surface area (Å²) in [6, 6.07) is 0. The van der Waals surface area contributed by atoms with Gasteiger partial charge >= 0.3 is 5.97 Å². The average Bonchev–Trinajstić information content (AvgIpc) is 2.01. The Morgan fingerprint density at radius 1 is 1.29 bits per heavy atom. The van der Waals surface area contributed by atoms with Gasteiger partial charge in [0.05, 0.1) is 0 Å². The molecule has 0 saturated heterocycles. The third-order valence-corrected chi connectivity index (χ3v) is 2.35. The summed E-state index contributed by atoms with van der Waals surface area (Å²) in [6.45, 7) is 5.32. The van der Waals surface area contributed by atoms with E-state index >= 15 is 0 Å². The third-order valence-electron chi connectivity index (χ3n) is 2.08. The molecule has 0 aromatic heterocycles. The fourth-order valence-corrected chi connectivity index (χ4v) is 1.64. The molecule has 0 heterocycles. The SMILES string of the molecule is CCCCCCCC(C)(Cl)OC(C)=O. The lowest BCUT2D eigenvalue weighted by molar-refractivity contribution is -0.148. The van der Waals surface area contributed by atoms with E-state index in [-0.39, 0.29) is 5.97 Å². The highest BCUT2D eigenvalue weighted by atomic mass is 35.5. The van der Waals surface area contributed by atoms with Crippen LogP contribution in [0.25, 0.3) is 0 Å². The third kappa shape index (κ3) is 8.36. The van der Waals surface area contributed by atoms with E-state index in [2.05, 4.69) is 6.92 Å². The first kappa shape index (κ1) is 13.8. The molecule has 0 rings (SSSR count). The van der Waals surface area contributed by atoms with Crippen LogP contribution in [0.1, 0.15) is 59.3 Å². The lowest BCUT2D eigenvalue weighted by Crippen LogP contribution is -2.23. The van der Waals surface area contributed by atoms with Crippen LogP contribution in [-0.2, 0) is 9.53 Å². The van der Waals surface area contributed by atoms with Crippen LogP contribution in [0, 0.1) is 0 Å². The minimum atomic E-state index is -0.807. The molecule has 0 radical (unpaired) electrons. The topological polar surface area (TPSA) is 26.3 Å². The predicted octanol–water partition coefficient (Wildman–Crippen LogP) is 3.87. The molecular formula is C11H21ClO2. The lowest BCUT2D eigenvalue weighted by atomic mass is 10.1. The molecule has 0 aromatic rings. The molecule has 0 saturated carbocycles. The van der Waals surface area contributed by atoms with E-state index in [9.17, 15) is 4.79 Å². The molecule has 0 bridgehead atoms. The van der Waals surface area contributed by atoms with E-state index in [1.165, 1.54) is 26.2 Å². The van der Waals surface area contributed by atoms with Crippen LogP contribution in [0.15, 0.2) is 0 Å². The van der Waals surface area contributed by atoms with Crippen molar-refractivity contribution in [1.29, 1.82) is 0 Å². The van der Waals surface area contributed by atoms with Crippen LogP contribution in [0.2, 0.25) is 0 Å². The van der Waals surface area contributed by atoms with E-state index in [0.717, 1.165) is 19.3 Å². The zero-order valence-electron chi connectivity index (χ0n) is 9.44. The van der Waals surface area contributed by atoms with Gasteiger partial charge in [0.25, 0.3) is 0 Å². The zero-order chi connectivity index (χ0) is 11.0. The Hall–Kier alpha value is -0.240. The summed E-state index contributed by atoms with van der Waals surface area (Å²) >= 11 is 6.00. The summed E-state index contributed by atoms with van der Waals surface area (Å²) in [5, 5.41) is -0.807. The van der Waals surface area contributed by atoms with Gasteiger partial charge in [0.2, 0.25) is 0 Å². The zero-order valence-corrected chi connectivity index (χ0v) is 10.2. The second-order valence-electron chi connectivity index (χ2n) is 3.86. The number of carbonyl (C=O) groups excluding carboxylic acids is 1. The second kappa shape index (κ2) is 7.10. The normalized spacial score (nSPS) is 14.9. The smallest absolute Gasteiger partial charge is 0.304 e. The van der Waals surface area contributed by atoms with E-state index < -0.39 is 5.06 Å². The quantitative estimate of drug-likeness (QED) is 0.370. The number of rotatable bonds is 7. The molecule has 0 aliphatic carbocycles. The largest absolute Gasteiger partial charge is 0.444 e. The van der Waals surface area contributed by atoms with Crippen LogP contribution in [0.4, 0.5) is 0 Å². The van der Waals surface area contributed by atoms with E-state index in [1.54, 1.807) is 6.92 Å². The molecule has 3 heteroatoms. The summed E-state index contributed by atoms with van der Waals surface area (Å²) in [5.41, 5.74) is 0. The van der Waals surface area contributed by atoms with Crippen LogP contribution in [0.3, 0.4) is 0 Å². The molecule has 0 spiro atoms. The number of ether oxygens (including phenoxy) is 1. The lowest BCUT2D eigenvalue weighted by Gasteiger charge is -2.21. The first-order valence-corrected chi connectivity index (χ1v) is 5.74. The van der Waals surface area contributed by atoms with Crippen LogP contribution in [-0.4, -0.2) is 11.0 Å². The Kier molecular flexibility index (Phi) is 6.98. The van der Waals surface area contributed by atoms with Gasteiger partial charge in [0.1, 0.15) is 0 Å². The molecular weight excluding hydrogens is 200 g/mol. The van der Waals surface area contributed by atoms with Crippen molar-refractivity contribution in [3.05, 3.63) is 0 Å². The van der Waals surface area contributed by atoms with Gasteiger partial charge in [-0.3, -0.25) is 4.79 Å². The van der Waals surface area contributed by atoms with Gasteiger partial charge in [0.15, 0.2) is 5.06 Å². The standard InChI is InChI=1S/C11H21ClO2/c1-4-5-6-7-8-9-11(3,12)14-10(2)13/h4-9H2,1-3H3. The molecule has 1 unspecified atom stereocenters. The minimum Gasteiger partial charge on any atom is -0.444 e. The van der Waals surface area contributed by atoms with E-state index in [4.69, 9.17) is 16.3 Å². The number of carbonyl (C=O) groups is 1. The summed E-state index contributed by atoms with van der Waals surface area (Å²) < 4.78 is 4.97. The molecule has 0 amide bonds. The number of halogens is 1. The molecule has 0 fully saturated rings. The monoisotopic (exact) mass is 220 g/mol. The molecule has 2 nitrogen and oxygen atoms in total. The van der Waals surface area contributed by atoms with Crippen molar-refractivity contribution in [1.82, 2.24) is 0 Å². The first-order chi connectivity index (χ1) is 6.48. The minimum absolute atomic E-state index is 0.309. The highest BCUT2D eigenvalue weighted by molar-refractivity contribution is 6.23. The van der Waals surface area contributed by atoms with Crippen molar-refractivity contribution >= 4 is 17.6 Å². The van der Waals surface area contributed by atoms with Crippen molar-refractivity contribution in [2.45, 2.75) is 64.4 Å². The molecule has 0 aliphatic rings. The Morgan fingerprint density at radius 3 is 2.36 bits per heavy atom. The van der Waals surface area contributed by atoms with Crippen molar-refractivity contribution in [3.8, 4) is 0 Å². The number of alkyl halides is 1. The number of esters is 1. The highest BCUT2D eigenvalue weighted by Gasteiger charge is 2.22. The maximum absolute atomic E-state index is 10.7. The second-order valence-corrected chi connectivity index (χ2v) is 4.66. The van der Waals surface area contributed by atoms with Crippen molar-refractivity contribution < 1.29 is 9.53 Å². The molecule has 14 heavy (non-hydrogen) atoms. The van der Waals surface area contributed by atoms with Gasteiger partial charge < -0.3 is 4.74 Å². The van der Waals surface area contributed by atoms with Gasteiger partial charge in [-0.05, 0) is 13.3 Å². The average molecular weight is 221 g/mol. The van der Waals surface area contributed by atoms with Gasteiger partial charge in [-0.2, -0.15) is 0 Å². The molecule has 0 N–H and O–H groups in total. The summed E-state index contributed by atoms with van der Waals surface area (Å²) in [6.07, 6.45) is 6.67. The molecule has 0 aromatic carbocycles. The van der Waals surface area contributed by atoms with Crippen LogP contribution < -0.4 is 0 Å². The van der Waals surface area contributed by atoms with Gasteiger partial charge in [-0.1, -0.05) is 44.2 Å². The van der Waals surface area contributed by atoms with Gasteiger partial charge in [-0.15, -0.1) is 0 Å². The number of hydrogen-bond donors (Lipinski definition) is 0. The van der Waals surface area contributed by atoms with Gasteiger partial charge in [0, 0.05) is 13.3 Å². The van der Waals surface area contributed by atoms with Crippen LogP contribution in [0.5, 0.6) is 0 Å². The highest BCUT2D eigenvalue weighted by Crippen LogP contribution is 2.24. The Morgan fingerprint density at radius 2 is 1.86 bits per heavy atom. The fourth-order valence-electron chi connectivity index (χ4n) is 1.40. The Labute approximate surface area is 92.0 Å². The first-order valence-electron chi connectivity index (χ1n) is 5.36. The van der Waals surface area contributed by atoms with E-state index in [1.807, 2.05) is 0 Å². The maximum Gasteiger partial charge on any atom is 0.304 e. The summed E-state index contributed by atoms with van der Waals surface area (Å²) in [5.74, 6) is -0.309. The predicted molar refractivity (Wildman–Crippen MR) is 59.4 cm³/mol. The van der Waals surface area contributed by atoms with Crippen LogP contribution >= 0.6 is 11.6 Å². The molecule has 0 aliphatic heterocycles. The summed E-state index contributed by atoms with van der Waals surface area (Å²) in [7, 11) is 0. The van der Waals surface area contributed by atoms with E-state index in [0.29, 0.717) is 0 Å².